The molecule has 1 unspecified atom stereocenters. The Balaban J connectivity index is 2.03. The number of halogens is 1. The van der Waals surface area contributed by atoms with E-state index in [0.717, 1.165) is 29.9 Å². The van der Waals surface area contributed by atoms with Crippen molar-refractivity contribution in [1.82, 2.24) is 9.55 Å². The lowest BCUT2D eigenvalue weighted by Gasteiger charge is -2.18. The smallest absolute Gasteiger partial charge is 0.109 e. The molecule has 3 rings (SSSR count). The average molecular weight is 249 g/mol. The quantitative estimate of drug-likeness (QED) is 0.842. The standard InChI is InChI=1S/C13H13ClN2O/c14-11-4-2-1-3-10(11)12-8-16-7-9(17)5-6-13(16)15-12/h1-4,8-9,17H,5-7H2. The van der Waals surface area contributed by atoms with Gasteiger partial charge >= 0.3 is 0 Å². The molecule has 0 bridgehead atoms. The normalized spacial score (nSPS) is 19.1. The second-order valence-electron chi connectivity index (χ2n) is 4.37. The van der Waals surface area contributed by atoms with Crippen LogP contribution in [0.1, 0.15) is 12.2 Å². The Morgan fingerprint density at radius 2 is 2.18 bits per heavy atom. The molecule has 1 aromatic heterocycles. The zero-order chi connectivity index (χ0) is 11.8. The number of aryl methyl sites for hydroxylation is 1. The molecule has 1 aromatic carbocycles. The average Bonchev–Trinajstić information content (AvgIpc) is 2.72. The van der Waals surface area contributed by atoms with Crippen molar-refractivity contribution in [2.75, 3.05) is 0 Å². The van der Waals surface area contributed by atoms with Crippen molar-refractivity contribution < 1.29 is 5.11 Å². The van der Waals surface area contributed by atoms with E-state index < -0.39 is 0 Å². The molecule has 0 aliphatic carbocycles. The maximum absolute atomic E-state index is 9.62. The highest BCUT2D eigenvalue weighted by Gasteiger charge is 2.19. The maximum Gasteiger partial charge on any atom is 0.109 e. The minimum Gasteiger partial charge on any atom is -0.391 e. The van der Waals surface area contributed by atoms with Crippen molar-refractivity contribution in [2.24, 2.45) is 0 Å². The molecule has 2 heterocycles. The van der Waals surface area contributed by atoms with E-state index in [1.807, 2.05) is 35.0 Å². The topological polar surface area (TPSA) is 38.1 Å². The fraction of sp³-hybridized carbons (Fsp3) is 0.308. The molecule has 1 N–H and O–H groups in total. The van der Waals surface area contributed by atoms with E-state index in [0.29, 0.717) is 11.6 Å². The molecule has 1 atom stereocenters. The van der Waals surface area contributed by atoms with Gasteiger partial charge < -0.3 is 9.67 Å². The number of benzene rings is 1. The SMILES string of the molecule is OC1CCc2nc(-c3ccccc3Cl)cn2C1. The number of imidazole rings is 1. The van der Waals surface area contributed by atoms with Crippen molar-refractivity contribution in [2.45, 2.75) is 25.5 Å². The van der Waals surface area contributed by atoms with E-state index >= 15 is 0 Å². The predicted octanol–water partition coefficient (Wildman–Crippen LogP) is 2.51. The highest BCUT2D eigenvalue weighted by Crippen LogP contribution is 2.28. The number of rotatable bonds is 1. The summed E-state index contributed by atoms with van der Waals surface area (Å²) in [6.45, 7) is 0.632. The molecule has 0 spiro atoms. The zero-order valence-electron chi connectivity index (χ0n) is 9.31. The molecule has 0 radical (unpaired) electrons. The van der Waals surface area contributed by atoms with Crippen molar-refractivity contribution in [1.29, 1.82) is 0 Å². The Hall–Kier alpha value is -1.32. The summed E-state index contributed by atoms with van der Waals surface area (Å²) >= 11 is 6.15. The molecule has 17 heavy (non-hydrogen) atoms. The Bertz CT molecular complexity index is 550. The number of aliphatic hydroxyl groups excluding tert-OH is 1. The summed E-state index contributed by atoms with van der Waals surface area (Å²) in [7, 11) is 0. The number of aromatic nitrogens is 2. The van der Waals surface area contributed by atoms with Crippen LogP contribution in [0.15, 0.2) is 30.5 Å². The Labute approximate surface area is 105 Å². The molecule has 2 aromatic rings. The molecule has 0 amide bonds. The van der Waals surface area contributed by atoms with Crippen LogP contribution in [0.2, 0.25) is 5.02 Å². The molecule has 4 heteroatoms. The summed E-state index contributed by atoms with van der Waals surface area (Å²) in [5, 5.41) is 10.3. The molecular formula is C13H13ClN2O. The number of fused-ring (bicyclic) bond motifs is 1. The van der Waals surface area contributed by atoms with Gasteiger partial charge in [0.05, 0.1) is 16.8 Å². The monoisotopic (exact) mass is 248 g/mol. The van der Waals surface area contributed by atoms with Crippen LogP contribution >= 0.6 is 11.6 Å². The van der Waals surface area contributed by atoms with Crippen LogP contribution in [0.25, 0.3) is 11.3 Å². The van der Waals surface area contributed by atoms with Gasteiger partial charge in [0.2, 0.25) is 0 Å². The summed E-state index contributed by atoms with van der Waals surface area (Å²) in [5.74, 6) is 1.03. The van der Waals surface area contributed by atoms with Crippen molar-refractivity contribution in [3.8, 4) is 11.3 Å². The van der Waals surface area contributed by atoms with Crippen LogP contribution in [0.4, 0.5) is 0 Å². The molecule has 0 saturated heterocycles. The maximum atomic E-state index is 9.62. The van der Waals surface area contributed by atoms with Gasteiger partial charge in [-0.05, 0) is 12.5 Å². The summed E-state index contributed by atoms with van der Waals surface area (Å²) in [6.07, 6.45) is 3.33. The first-order valence-corrected chi connectivity index (χ1v) is 6.11. The fourth-order valence-electron chi connectivity index (χ4n) is 2.22. The van der Waals surface area contributed by atoms with E-state index in [1.54, 1.807) is 0 Å². The fourth-order valence-corrected chi connectivity index (χ4v) is 2.46. The van der Waals surface area contributed by atoms with Gasteiger partial charge in [-0.15, -0.1) is 0 Å². The van der Waals surface area contributed by atoms with E-state index in [-0.39, 0.29) is 6.10 Å². The third-order valence-electron chi connectivity index (χ3n) is 3.12. The summed E-state index contributed by atoms with van der Waals surface area (Å²) in [6, 6.07) is 7.69. The van der Waals surface area contributed by atoms with Gasteiger partial charge in [-0.25, -0.2) is 4.98 Å². The molecule has 3 nitrogen and oxygen atoms in total. The first-order chi connectivity index (χ1) is 8.24. The highest BCUT2D eigenvalue weighted by molar-refractivity contribution is 6.33. The molecule has 1 aliphatic rings. The Morgan fingerprint density at radius 1 is 1.35 bits per heavy atom. The van der Waals surface area contributed by atoms with Crippen LogP contribution in [0.5, 0.6) is 0 Å². The zero-order valence-corrected chi connectivity index (χ0v) is 10.1. The minimum absolute atomic E-state index is 0.254. The summed E-state index contributed by atoms with van der Waals surface area (Å²) in [4.78, 5) is 4.58. The van der Waals surface area contributed by atoms with Gasteiger partial charge in [-0.2, -0.15) is 0 Å². The predicted molar refractivity (Wildman–Crippen MR) is 67.0 cm³/mol. The first kappa shape index (κ1) is 10.8. The number of nitrogens with zero attached hydrogens (tertiary/aromatic N) is 2. The van der Waals surface area contributed by atoms with Crippen LogP contribution < -0.4 is 0 Å². The minimum atomic E-state index is -0.254. The highest BCUT2D eigenvalue weighted by atomic mass is 35.5. The number of hydrogen-bond donors (Lipinski definition) is 1. The van der Waals surface area contributed by atoms with Gasteiger partial charge in [0.15, 0.2) is 0 Å². The summed E-state index contributed by atoms with van der Waals surface area (Å²) in [5.41, 5.74) is 1.84. The lowest BCUT2D eigenvalue weighted by molar-refractivity contribution is 0.130. The third kappa shape index (κ3) is 1.96. The molecule has 0 saturated carbocycles. The van der Waals surface area contributed by atoms with Crippen LogP contribution in [-0.4, -0.2) is 20.8 Å². The van der Waals surface area contributed by atoms with Crippen LogP contribution in [0, 0.1) is 0 Å². The molecule has 88 valence electrons. The van der Waals surface area contributed by atoms with E-state index in [1.165, 1.54) is 0 Å². The van der Waals surface area contributed by atoms with Gasteiger partial charge in [0.25, 0.3) is 0 Å². The van der Waals surface area contributed by atoms with E-state index in [9.17, 15) is 5.11 Å². The second kappa shape index (κ2) is 4.17. The Kier molecular flexibility index (Phi) is 2.65. The molecule has 1 aliphatic heterocycles. The summed E-state index contributed by atoms with van der Waals surface area (Å²) < 4.78 is 2.02. The third-order valence-corrected chi connectivity index (χ3v) is 3.45. The largest absolute Gasteiger partial charge is 0.391 e. The number of hydrogen-bond acceptors (Lipinski definition) is 2. The Morgan fingerprint density at radius 3 is 3.00 bits per heavy atom. The van der Waals surface area contributed by atoms with Gasteiger partial charge in [0, 0.05) is 24.7 Å². The van der Waals surface area contributed by atoms with Crippen molar-refractivity contribution in [3.05, 3.63) is 41.3 Å². The van der Waals surface area contributed by atoms with Crippen molar-refractivity contribution >= 4 is 11.6 Å². The van der Waals surface area contributed by atoms with Gasteiger partial charge in [0.1, 0.15) is 5.82 Å². The number of aliphatic hydroxyl groups is 1. The first-order valence-electron chi connectivity index (χ1n) is 5.73. The van der Waals surface area contributed by atoms with Crippen LogP contribution in [0.3, 0.4) is 0 Å². The molecular weight excluding hydrogens is 236 g/mol. The lowest BCUT2D eigenvalue weighted by atomic mass is 10.1. The van der Waals surface area contributed by atoms with Crippen molar-refractivity contribution in [3.63, 3.8) is 0 Å². The van der Waals surface area contributed by atoms with Gasteiger partial charge in [-0.1, -0.05) is 29.8 Å². The van der Waals surface area contributed by atoms with E-state index in [2.05, 4.69) is 4.98 Å². The van der Waals surface area contributed by atoms with E-state index in [4.69, 9.17) is 11.6 Å². The second-order valence-corrected chi connectivity index (χ2v) is 4.77. The van der Waals surface area contributed by atoms with Gasteiger partial charge in [-0.3, -0.25) is 0 Å². The lowest BCUT2D eigenvalue weighted by Crippen LogP contribution is -2.23. The molecule has 0 fully saturated rings. The van der Waals surface area contributed by atoms with Crippen LogP contribution in [-0.2, 0) is 13.0 Å².